The maximum absolute atomic E-state index is 2.47. The molecule has 1 unspecified atom stereocenters. The number of halogens is 3. The summed E-state index contributed by atoms with van der Waals surface area (Å²) in [7, 11) is 0. The van der Waals surface area contributed by atoms with E-state index in [1.165, 1.54) is 40.7 Å². The molecular formula is C27H30Cl3Ti. The predicted octanol–water partition coefficient (Wildman–Crippen LogP) is 8.29. The molecule has 0 spiro atoms. The second kappa shape index (κ2) is 11.7. The Balaban J connectivity index is 0.00000160. The van der Waals surface area contributed by atoms with Gasteiger partial charge in [-0.05, 0) is 0 Å². The van der Waals surface area contributed by atoms with Gasteiger partial charge in [-0.1, -0.05) is 0 Å². The Hall–Kier alpha value is -1.02. The van der Waals surface area contributed by atoms with Crippen LogP contribution in [-0.4, -0.2) is 0 Å². The van der Waals surface area contributed by atoms with Gasteiger partial charge in [-0.15, -0.1) is 37.2 Å². The molecule has 3 aromatic carbocycles. The predicted molar refractivity (Wildman–Crippen MR) is 137 cm³/mol. The Bertz CT molecular complexity index is 946. The van der Waals surface area contributed by atoms with Crippen molar-refractivity contribution in [3.8, 4) is 0 Å². The fraction of sp³-hybridized carbons (Fsp3) is 0.259. The van der Waals surface area contributed by atoms with Gasteiger partial charge in [0.2, 0.25) is 0 Å². The number of hydrogen-bond acceptors (Lipinski definition) is 0. The number of rotatable bonds is 6. The van der Waals surface area contributed by atoms with Gasteiger partial charge >= 0.3 is 182 Å². The third-order valence-electron chi connectivity index (χ3n) is 6.41. The summed E-state index contributed by atoms with van der Waals surface area (Å²) in [6, 6.07) is 31.4. The fourth-order valence-corrected chi connectivity index (χ4v) is 6.16. The number of unbranched alkanes of at least 4 members (excludes halogenated alkanes) is 1. The van der Waals surface area contributed by atoms with Crippen LogP contribution in [0.2, 0.25) is 0 Å². The number of hydrogen-bond donors (Lipinski definition) is 0. The smallest absolute Gasteiger partial charge is 0.147 e. The third kappa shape index (κ3) is 4.57. The van der Waals surface area contributed by atoms with Crippen LogP contribution in [0.25, 0.3) is 6.08 Å². The molecule has 0 fully saturated rings. The fourth-order valence-electron chi connectivity index (χ4n) is 5.05. The van der Waals surface area contributed by atoms with Gasteiger partial charge in [0.05, 0.1) is 0 Å². The largest absolute Gasteiger partial charge is 0.147 e. The molecule has 31 heavy (non-hydrogen) atoms. The SMILES string of the molecule is CCCCC(c1ccccc1)(c1ccccc1)[C]1([Ti])C(C)=Cc2ccccc21.Cl.Cl.Cl. The molecule has 0 saturated carbocycles. The van der Waals surface area contributed by atoms with Gasteiger partial charge < -0.3 is 0 Å². The Morgan fingerprint density at radius 1 is 0.742 bits per heavy atom. The van der Waals surface area contributed by atoms with Crippen molar-refractivity contribution in [2.45, 2.75) is 42.2 Å². The van der Waals surface area contributed by atoms with Crippen molar-refractivity contribution in [3.05, 3.63) is 113 Å². The van der Waals surface area contributed by atoms with Crippen molar-refractivity contribution in [2.24, 2.45) is 0 Å². The monoisotopic (exact) mass is 507 g/mol. The molecule has 0 saturated heterocycles. The summed E-state index contributed by atoms with van der Waals surface area (Å²) in [5, 5.41) is 0. The molecular weight excluding hydrogens is 479 g/mol. The molecule has 0 nitrogen and oxygen atoms in total. The topological polar surface area (TPSA) is 0 Å². The molecule has 4 rings (SSSR count). The van der Waals surface area contributed by atoms with Crippen molar-refractivity contribution in [1.29, 1.82) is 0 Å². The van der Waals surface area contributed by atoms with Crippen LogP contribution >= 0.6 is 37.2 Å². The number of fused-ring (bicyclic) bond motifs is 1. The van der Waals surface area contributed by atoms with Crippen molar-refractivity contribution >= 4 is 43.3 Å². The average molecular weight is 509 g/mol. The third-order valence-corrected chi connectivity index (χ3v) is 8.11. The summed E-state index contributed by atoms with van der Waals surface area (Å²) >= 11 is 2.47. The van der Waals surface area contributed by atoms with Crippen molar-refractivity contribution in [1.82, 2.24) is 0 Å². The van der Waals surface area contributed by atoms with Crippen LogP contribution in [0.4, 0.5) is 0 Å². The van der Waals surface area contributed by atoms with E-state index in [1.807, 2.05) is 0 Å². The van der Waals surface area contributed by atoms with Crippen LogP contribution in [0.1, 0.15) is 55.4 Å². The Morgan fingerprint density at radius 2 is 1.23 bits per heavy atom. The van der Waals surface area contributed by atoms with Gasteiger partial charge in [-0.2, -0.15) is 0 Å². The molecule has 0 bridgehead atoms. The molecule has 4 heteroatoms. The second-order valence-corrected chi connectivity index (χ2v) is 9.08. The molecule has 0 aliphatic heterocycles. The van der Waals surface area contributed by atoms with Gasteiger partial charge in [0.25, 0.3) is 0 Å². The minimum absolute atomic E-state index is 0. The van der Waals surface area contributed by atoms with Gasteiger partial charge in [-0.25, -0.2) is 0 Å². The zero-order valence-electron chi connectivity index (χ0n) is 18.0. The molecule has 0 amide bonds. The average Bonchev–Trinajstić information content (AvgIpc) is 3.01. The summed E-state index contributed by atoms with van der Waals surface area (Å²) < 4.78 is -0.0819. The van der Waals surface area contributed by atoms with Crippen molar-refractivity contribution in [3.63, 3.8) is 0 Å². The van der Waals surface area contributed by atoms with Gasteiger partial charge in [0.1, 0.15) is 0 Å². The first kappa shape index (κ1) is 28.0. The van der Waals surface area contributed by atoms with Crippen LogP contribution in [0.5, 0.6) is 0 Å². The van der Waals surface area contributed by atoms with Crippen LogP contribution < -0.4 is 0 Å². The van der Waals surface area contributed by atoms with Gasteiger partial charge in [-0.3, -0.25) is 0 Å². The summed E-state index contributed by atoms with van der Waals surface area (Å²) in [4.78, 5) is 0. The van der Waals surface area contributed by atoms with Gasteiger partial charge in [0.15, 0.2) is 0 Å². The molecule has 0 N–H and O–H groups in total. The maximum atomic E-state index is 2.47. The van der Waals surface area contributed by atoms with E-state index in [-0.39, 0.29) is 46.4 Å². The van der Waals surface area contributed by atoms with E-state index in [2.05, 4.69) is 125 Å². The first-order valence-electron chi connectivity index (χ1n) is 10.3. The number of benzene rings is 3. The Morgan fingerprint density at radius 3 is 1.74 bits per heavy atom. The molecule has 1 aliphatic rings. The normalized spacial score (nSPS) is 16.7. The standard InChI is InChI=1S/C27H27.3ClH.Ti/c1-3-4-19-27(23-14-7-5-8-15-23,24-16-9-6-10-17-24)26-21(2)20-22-13-11-12-18-25(22)26;;;;/h5-18,20H,3-4,19H2,1-2H3;3*1H;. The molecule has 0 heterocycles. The molecule has 0 aromatic heterocycles. The first-order valence-corrected chi connectivity index (χ1v) is 11.1. The Kier molecular flexibility index (Phi) is 10.6. The van der Waals surface area contributed by atoms with Crippen LogP contribution in [0.15, 0.2) is 90.5 Å². The maximum Gasteiger partial charge on any atom is -0.147 e. The van der Waals surface area contributed by atoms with Crippen molar-refractivity contribution in [2.75, 3.05) is 0 Å². The summed E-state index contributed by atoms with van der Waals surface area (Å²) in [5.41, 5.74) is 7.02. The summed E-state index contributed by atoms with van der Waals surface area (Å²) in [6.45, 7) is 4.63. The zero-order chi connectivity index (χ0) is 19.6. The molecule has 3 aromatic rings. The first-order chi connectivity index (χ1) is 13.6. The Labute approximate surface area is 217 Å². The second-order valence-electron chi connectivity index (χ2n) is 7.91. The summed E-state index contributed by atoms with van der Waals surface area (Å²) in [5.74, 6) is 0. The quantitative estimate of drug-likeness (QED) is 0.294. The van der Waals surface area contributed by atoms with Crippen LogP contribution in [0.3, 0.4) is 0 Å². The molecule has 163 valence electrons. The van der Waals surface area contributed by atoms with E-state index in [0.717, 1.165) is 6.42 Å². The zero-order valence-corrected chi connectivity index (χ0v) is 22.0. The van der Waals surface area contributed by atoms with Crippen LogP contribution in [0, 0.1) is 0 Å². The minimum atomic E-state index is -0.0985. The summed E-state index contributed by atoms with van der Waals surface area (Å²) in [6.07, 6.45) is 5.94. The van der Waals surface area contributed by atoms with E-state index < -0.39 is 0 Å². The van der Waals surface area contributed by atoms with E-state index in [1.54, 1.807) is 0 Å². The molecule has 1 atom stereocenters. The minimum Gasteiger partial charge on any atom is -0.147 e. The van der Waals surface area contributed by atoms with E-state index in [0.29, 0.717) is 0 Å². The van der Waals surface area contributed by atoms with Crippen LogP contribution in [-0.2, 0) is 29.6 Å². The van der Waals surface area contributed by atoms with E-state index >= 15 is 0 Å². The van der Waals surface area contributed by atoms with E-state index in [4.69, 9.17) is 0 Å². The van der Waals surface area contributed by atoms with Crippen molar-refractivity contribution < 1.29 is 20.4 Å². The van der Waals surface area contributed by atoms with E-state index in [9.17, 15) is 0 Å². The molecule has 0 radical (unpaired) electrons. The molecule has 1 aliphatic carbocycles. The number of allylic oxidation sites excluding steroid dienone is 1. The van der Waals surface area contributed by atoms with Gasteiger partial charge in [0, 0.05) is 0 Å².